The van der Waals surface area contributed by atoms with Crippen LogP contribution in [0.3, 0.4) is 0 Å². The van der Waals surface area contributed by atoms with Crippen molar-refractivity contribution < 1.29 is 18.3 Å². The van der Waals surface area contributed by atoms with E-state index in [1.807, 2.05) is 6.92 Å². The molecule has 156 valence electrons. The second-order valence-corrected chi connectivity index (χ2v) is 7.42. The number of aromatic nitrogens is 2. The SMILES string of the molecule is CCCOc1ccc(C2c3c(F)ccc(F)c3C(=O)N2c2ccc3[nH]cnc3c2)cc1. The maximum atomic E-state index is 14.9. The standard InChI is InChI=1S/C24H19F2N3O2/c1-2-11-31-16-6-3-14(4-7-16)23-21-17(25)8-9-18(26)22(21)24(30)29(23)15-5-10-19-20(12-15)28-13-27-19/h3-10,12-13,23H,2,11H2,1H3,(H,27,28). The number of imidazole rings is 1. The van der Waals surface area contributed by atoms with Crippen molar-refractivity contribution in [2.75, 3.05) is 11.5 Å². The molecule has 1 N–H and O–H groups in total. The number of rotatable bonds is 5. The summed E-state index contributed by atoms with van der Waals surface area (Å²) in [6, 6.07) is 13.6. The van der Waals surface area contributed by atoms with E-state index in [2.05, 4.69) is 9.97 Å². The molecule has 31 heavy (non-hydrogen) atoms. The van der Waals surface area contributed by atoms with Crippen molar-refractivity contribution in [1.82, 2.24) is 9.97 Å². The lowest BCUT2D eigenvalue weighted by Gasteiger charge is -2.26. The van der Waals surface area contributed by atoms with E-state index in [-0.39, 0.29) is 11.1 Å². The molecular formula is C24H19F2N3O2. The van der Waals surface area contributed by atoms with Gasteiger partial charge in [0.1, 0.15) is 17.4 Å². The third-order valence-corrected chi connectivity index (χ3v) is 5.46. The van der Waals surface area contributed by atoms with Gasteiger partial charge in [-0.3, -0.25) is 9.69 Å². The van der Waals surface area contributed by atoms with Crippen LogP contribution in [0.4, 0.5) is 14.5 Å². The molecule has 5 rings (SSSR count). The number of H-pyrrole nitrogens is 1. The molecule has 3 aromatic carbocycles. The molecule has 1 atom stereocenters. The predicted molar refractivity (Wildman–Crippen MR) is 113 cm³/mol. The van der Waals surface area contributed by atoms with E-state index in [4.69, 9.17) is 4.74 Å². The molecule has 1 aliphatic heterocycles. The van der Waals surface area contributed by atoms with Crippen molar-refractivity contribution >= 4 is 22.6 Å². The molecular weight excluding hydrogens is 400 g/mol. The molecule has 1 unspecified atom stereocenters. The second kappa shape index (κ2) is 7.50. The summed E-state index contributed by atoms with van der Waals surface area (Å²) in [5, 5.41) is 0. The average Bonchev–Trinajstić information content (AvgIpc) is 3.37. The van der Waals surface area contributed by atoms with Gasteiger partial charge in [-0.2, -0.15) is 0 Å². The number of ether oxygens (including phenoxy) is 1. The van der Waals surface area contributed by atoms with Gasteiger partial charge in [0, 0.05) is 11.3 Å². The summed E-state index contributed by atoms with van der Waals surface area (Å²) in [6.07, 6.45) is 2.43. The Hall–Kier alpha value is -3.74. The van der Waals surface area contributed by atoms with Crippen molar-refractivity contribution in [1.29, 1.82) is 0 Å². The minimum atomic E-state index is -0.810. The Labute approximate surface area is 177 Å². The molecule has 1 amide bonds. The third-order valence-electron chi connectivity index (χ3n) is 5.46. The van der Waals surface area contributed by atoms with Crippen LogP contribution in [0.2, 0.25) is 0 Å². The van der Waals surface area contributed by atoms with Crippen LogP contribution in [0.25, 0.3) is 11.0 Å². The summed E-state index contributed by atoms with van der Waals surface area (Å²) in [6.45, 7) is 2.60. The number of nitrogens with one attached hydrogen (secondary N) is 1. The number of benzene rings is 3. The topological polar surface area (TPSA) is 58.2 Å². The third kappa shape index (κ3) is 3.13. The van der Waals surface area contributed by atoms with Crippen LogP contribution in [0.5, 0.6) is 5.75 Å². The van der Waals surface area contributed by atoms with Crippen molar-refractivity contribution in [2.45, 2.75) is 19.4 Å². The zero-order valence-electron chi connectivity index (χ0n) is 16.7. The number of anilines is 1. The zero-order valence-corrected chi connectivity index (χ0v) is 16.7. The number of carbonyl (C=O) groups is 1. The summed E-state index contributed by atoms with van der Waals surface area (Å²) in [7, 11) is 0. The molecule has 2 heterocycles. The number of hydrogen-bond acceptors (Lipinski definition) is 3. The van der Waals surface area contributed by atoms with Crippen LogP contribution in [0, 0.1) is 11.6 Å². The minimum Gasteiger partial charge on any atom is -0.494 e. The van der Waals surface area contributed by atoms with Crippen molar-refractivity contribution in [3.8, 4) is 5.75 Å². The number of aromatic amines is 1. The number of nitrogens with zero attached hydrogens (tertiary/aromatic N) is 2. The highest BCUT2D eigenvalue weighted by molar-refractivity contribution is 6.12. The summed E-state index contributed by atoms with van der Waals surface area (Å²) < 4.78 is 35.2. The summed E-state index contributed by atoms with van der Waals surface area (Å²) in [4.78, 5) is 22.0. The first-order valence-electron chi connectivity index (χ1n) is 10.1. The van der Waals surface area contributed by atoms with Gasteiger partial charge in [0.15, 0.2) is 0 Å². The molecule has 0 fully saturated rings. The molecule has 0 saturated heterocycles. The van der Waals surface area contributed by atoms with Crippen LogP contribution in [0.15, 0.2) is 60.9 Å². The van der Waals surface area contributed by atoms with E-state index < -0.39 is 23.6 Å². The Morgan fingerprint density at radius 3 is 2.61 bits per heavy atom. The smallest absolute Gasteiger partial charge is 0.262 e. The summed E-state index contributed by atoms with van der Waals surface area (Å²) in [5.41, 5.74) is 2.43. The predicted octanol–water partition coefficient (Wildman–Crippen LogP) is 5.38. The fraction of sp³-hybridized carbons (Fsp3) is 0.167. The molecule has 0 radical (unpaired) electrons. The highest BCUT2D eigenvalue weighted by Crippen LogP contribution is 2.44. The molecule has 0 spiro atoms. The fourth-order valence-electron chi connectivity index (χ4n) is 4.04. The number of hydrogen-bond donors (Lipinski definition) is 1. The number of halogens is 2. The lowest BCUT2D eigenvalue weighted by atomic mass is 9.96. The van der Waals surface area contributed by atoms with E-state index >= 15 is 0 Å². The largest absolute Gasteiger partial charge is 0.494 e. The van der Waals surface area contributed by atoms with Gasteiger partial charge in [-0.05, 0) is 54.4 Å². The normalized spacial score (nSPS) is 15.5. The molecule has 0 bridgehead atoms. The molecule has 1 aliphatic rings. The van der Waals surface area contributed by atoms with Crippen molar-refractivity contribution in [3.63, 3.8) is 0 Å². The number of fused-ring (bicyclic) bond motifs is 2. The van der Waals surface area contributed by atoms with Crippen LogP contribution in [-0.2, 0) is 0 Å². The maximum absolute atomic E-state index is 14.9. The van der Waals surface area contributed by atoms with E-state index in [0.717, 1.165) is 24.1 Å². The van der Waals surface area contributed by atoms with Gasteiger partial charge in [0.25, 0.3) is 5.91 Å². The van der Waals surface area contributed by atoms with Gasteiger partial charge in [-0.25, -0.2) is 13.8 Å². The molecule has 4 aromatic rings. The molecule has 0 aliphatic carbocycles. The number of carbonyl (C=O) groups excluding carboxylic acids is 1. The first kappa shape index (κ1) is 19.2. The maximum Gasteiger partial charge on any atom is 0.262 e. The Balaban J connectivity index is 1.66. The summed E-state index contributed by atoms with van der Waals surface area (Å²) >= 11 is 0. The van der Waals surface area contributed by atoms with Crippen molar-refractivity contribution in [3.05, 3.63) is 89.2 Å². The molecule has 7 heteroatoms. The van der Waals surface area contributed by atoms with Crippen LogP contribution in [-0.4, -0.2) is 22.5 Å². The van der Waals surface area contributed by atoms with E-state index in [1.54, 1.807) is 48.8 Å². The fourth-order valence-corrected chi connectivity index (χ4v) is 4.04. The van der Waals surface area contributed by atoms with Gasteiger partial charge >= 0.3 is 0 Å². The minimum absolute atomic E-state index is 0.0364. The Bertz CT molecular complexity index is 1280. The monoisotopic (exact) mass is 419 g/mol. The first-order chi connectivity index (χ1) is 15.1. The lowest BCUT2D eigenvalue weighted by molar-refractivity contribution is 0.0990. The Kier molecular flexibility index (Phi) is 4.66. The molecule has 5 nitrogen and oxygen atoms in total. The summed E-state index contributed by atoms with van der Waals surface area (Å²) in [5.74, 6) is -1.26. The Morgan fingerprint density at radius 1 is 1.06 bits per heavy atom. The van der Waals surface area contributed by atoms with Crippen molar-refractivity contribution in [2.24, 2.45) is 0 Å². The quantitative estimate of drug-likeness (QED) is 0.473. The number of amides is 1. The van der Waals surface area contributed by atoms with Gasteiger partial charge in [0.2, 0.25) is 0 Å². The van der Waals surface area contributed by atoms with E-state index in [9.17, 15) is 13.6 Å². The van der Waals surface area contributed by atoms with Gasteiger partial charge < -0.3 is 9.72 Å². The van der Waals surface area contributed by atoms with Crippen LogP contribution in [0.1, 0.15) is 40.9 Å². The van der Waals surface area contributed by atoms with E-state index in [0.29, 0.717) is 29.1 Å². The highest BCUT2D eigenvalue weighted by Gasteiger charge is 2.43. The highest BCUT2D eigenvalue weighted by atomic mass is 19.1. The molecule has 1 aromatic heterocycles. The second-order valence-electron chi connectivity index (χ2n) is 7.42. The zero-order chi connectivity index (χ0) is 21.5. The van der Waals surface area contributed by atoms with Gasteiger partial charge in [-0.15, -0.1) is 0 Å². The van der Waals surface area contributed by atoms with Crippen LogP contribution >= 0.6 is 0 Å². The molecule has 0 saturated carbocycles. The first-order valence-corrected chi connectivity index (χ1v) is 10.1. The lowest BCUT2D eigenvalue weighted by Crippen LogP contribution is -2.28. The van der Waals surface area contributed by atoms with Gasteiger partial charge in [-0.1, -0.05) is 19.1 Å². The van der Waals surface area contributed by atoms with E-state index in [1.165, 1.54) is 4.90 Å². The average molecular weight is 419 g/mol. The van der Waals surface area contributed by atoms with Gasteiger partial charge in [0.05, 0.1) is 35.6 Å². The van der Waals surface area contributed by atoms with Crippen LogP contribution < -0.4 is 9.64 Å². The Morgan fingerprint density at radius 2 is 1.84 bits per heavy atom.